The zero-order valence-corrected chi connectivity index (χ0v) is 10.8. The summed E-state index contributed by atoms with van der Waals surface area (Å²) in [6.07, 6.45) is 3.32. The molecular formula is C14H23NO. The van der Waals surface area contributed by atoms with E-state index in [0.29, 0.717) is 5.92 Å². The highest BCUT2D eigenvalue weighted by Gasteiger charge is 2.04. The Labute approximate surface area is 98.7 Å². The molecule has 0 aliphatic carbocycles. The van der Waals surface area contributed by atoms with Gasteiger partial charge >= 0.3 is 0 Å². The fourth-order valence-electron chi connectivity index (χ4n) is 1.55. The molecule has 1 heterocycles. The van der Waals surface area contributed by atoms with Crippen molar-refractivity contribution >= 4 is 6.08 Å². The first-order valence-corrected chi connectivity index (χ1v) is 6.11. The molecule has 0 fully saturated rings. The molecule has 0 radical (unpaired) electrons. The second-order valence-electron chi connectivity index (χ2n) is 4.50. The van der Waals surface area contributed by atoms with Gasteiger partial charge in [0.25, 0.3) is 0 Å². The van der Waals surface area contributed by atoms with Crippen LogP contribution in [0, 0.1) is 12.8 Å². The number of furan rings is 1. The van der Waals surface area contributed by atoms with Crippen LogP contribution in [0.1, 0.15) is 38.7 Å². The summed E-state index contributed by atoms with van der Waals surface area (Å²) >= 11 is 0. The summed E-state index contributed by atoms with van der Waals surface area (Å²) in [5.41, 5.74) is 1.39. The number of nitrogens with one attached hydrogen (secondary N) is 1. The number of hydrogen-bond donors (Lipinski definition) is 1. The Balaban J connectivity index is 2.65. The maximum absolute atomic E-state index is 5.57. The minimum absolute atomic E-state index is 0.551. The zero-order chi connectivity index (χ0) is 12.0. The molecule has 16 heavy (non-hydrogen) atoms. The number of rotatable bonds is 6. The predicted octanol–water partition coefficient (Wildman–Crippen LogP) is 3.63. The molecule has 90 valence electrons. The first kappa shape index (κ1) is 13.0. The molecule has 0 aliphatic heterocycles. The third-order valence-electron chi connectivity index (χ3n) is 2.59. The molecule has 1 rings (SSSR count). The first-order valence-electron chi connectivity index (χ1n) is 6.11. The van der Waals surface area contributed by atoms with Crippen LogP contribution >= 0.6 is 0 Å². The molecule has 0 spiro atoms. The van der Waals surface area contributed by atoms with E-state index < -0.39 is 0 Å². The summed E-state index contributed by atoms with van der Waals surface area (Å²) in [5, 5.41) is 3.43. The Bertz CT molecular complexity index is 336. The molecule has 1 N–H and O–H groups in total. The van der Waals surface area contributed by atoms with E-state index in [-0.39, 0.29) is 0 Å². The number of aryl methyl sites for hydroxylation is 1. The SMILES string of the molecule is CCCNCC(=Cc1ccc(C)o1)C(C)C. The topological polar surface area (TPSA) is 25.2 Å². The second kappa shape index (κ2) is 6.54. The van der Waals surface area contributed by atoms with E-state index in [1.165, 1.54) is 12.0 Å². The standard InChI is InChI=1S/C14H23NO/c1-5-8-15-10-13(11(2)3)9-14-7-6-12(4)16-14/h6-7,9,11,15H,5,8,10H2,1-4H3. The van der Waals surface area contributed by atoms with E-state index in [1.54, 1.807) is 0 Å². The van der Waals surface area contributed by atoms with Crippen molar-refractivity contribution in [3.63, 3.8) is 0 Å². The van der Waals surface area contributed by atoms with Crippen LogP contribution in [0.2, 0.25) is 0 Å². The van der Waals surface area contributed by atoms with Crippen molar-refractivity contribution < 1.29 is 4.42 Å². The molecule has 0 aromatic carbocycles. The van der Waals surface area contributed by atoms with Gasteiger partial charge in [0, 0.05) is 6.54 Å². The lowest BCUT2D eigenvalue weighted by molar-refractivity contribution is 0.523. The Kier molecular flexibility index (Phi) is 5.33. The van der Waals surface area contributed by atoms with Gasteiger partial charge in [-0.3, -0.25) is 0 Å². The smallest absolute Gasteiger partial charge is 0.127 e. The fourth-order valence-corrected chi connectivity index (χ4v) is 1.55. The normalized spacial score (nSPS) is 12.4. The molecule has 1 aromatic heterocycles. The Morgan fingerprint density at radius 1 is 1.44 bits per heavy atom. The van der Waals surface area contributed by atoms with E-state index in [2.05, 4.69) is 32.2 Å². The molecule has 0 unspecified atom stereocenters. The van der Waals surface area contributed by atoms with Gasteiger partial charge in [-0.05, 0) is 44.0 Å². The quantitative estimate of drug-likeness (QED) is 0.742. The maximum atomic E-state index is 5.57. The van der Waals surface area contributed by atoms with Crippen LogP contribution in [0.25, 0.3) is 6.08 Å². The highest BCUT2D eigenvalue weighted by Crippen LogP contribution is 2.16. The third kappa shape index (κ3) is 4.23. The lowest BCUT2D eigenvalue weighted by Crippen LogP contribution is -2.19. The van der Waals surface area contributed by atoms with Gasteiger partial charge < -0.3 is 9.73 Å². The Morgan fingerprint density at radius 3 is 2.69 bits per heavy atom. The van der Waals surface area contributed by atoms with Gasteiger partial charge in [0.05, 0.1) is 0 Å². The van der Waals surface area contributed by atoms with Crippen molar-refractivity contribution in [2.75, 3.05) is 13.1 Å². The van der Waals surface area contributed by atoms with Gasteiger partial charge in [-0.15, -0.1) is 0 Å². The molecule has 0 aliphatic rings. The van der Waals surface area contributed by atoms with Gasteiger partial charge in [-0.2, -0.15) is 0 Å². The van der Waals surface area contributed by atoms with E-state index in [4.69, 9.17) is 4.42 Å². The Morgan fingerprint density at radius 2 is 2.19 bits per heavy atom. The maximum Gasteiger partial charge on any atom is 0.127 e. The summed E-state index contributed by atoms with van der Waals surface area (Å²) in [6.45, 7) is 10.6. The van der Waals surface area contributed by atoms with Gasteiger partial charge in [0.2, 0.25) is 0 Å². The molecule has 0 atom stereocenters. The van der Waals surface area contributed by atoms with Crippen LogP contribution in [-0.2, 0) is 0 Å². The minimum Gasteiger partial charge on any atom is -0.462 e. The molecule has 0 saturated carbocycles. The average molecular weight is 221 g/mol. The van der Waals surface area contributed by atoms with Crippen molar-refractivity contribution in [2.45, 2.75) is 34.1 Å². The van der Waals surface area contributed by atoms with E-state index in [0.717, 1.165) is 24.6 Å². The van der Waals surface area contributed by atoms with Crippen LogP contribution in [0.4, 0.5) is 0 Å². The molecule has 0 saturated heterocycles. The van der Waals surface area contributed by atoms with Crippen LogP contribution in [0.3, 0.4) is 0 Å². The monoisotopic (exact) mass is 221 g/mol. The lowest BCUT2D eigenvalue weighted by atomic mass is 10.0. The highest BCUT2D eigenvalue weighted by atomic mass is 16.3. The predicted molar refractivity (Wildman–Crippen MR) is 69.4 cm³/mol. The van der Waals surface area contributed by atoms with Crippen LogP contribution < -0.4 is 5.32 Å². The zero-order valence-electron chi connectivity index (χ0n) is 10.8. The van der Waals surface area contributed by atoms with Gasteiger partial charge in [0.15, 0.2) is 0 Å². The summed E-state index contributed by atoms with van der Waals surface area (Å²) in [5.74, 6) is 2.48. The van der Waals surface area contributed by atoms with Crippen molar-refractivity contribution in [1.29, 1.82) is 0 Å². The summed E-state index contributed by atoms with van der Waals surface area (Å²) < 4.78 is 5.57. The van der Waals surface area contributed by atoms with E-state index in [1.807, 2.05) is 19.1 Å². The fraction of sp³-hybridized carbons (Fsp3) is 0.571. The average Bonchev–Trinajstić information content (AvgIpc) is 2.63. The third-order valence-corrected chi connectivity index (χ3v) is 2.59. The Hall–Kier alpha value is -1.02. The minimum atomic E-state index is 0.551. The first-order chi connectivity index (χ1) is 7.63. The molecule has 2 heteroatoms. The van der Waals surface area contributed by atoms with Gasteiger partial charge in [-0.25, -0.2) is 0 Å². The van der Waals surface area contributed by atoms with Crippen molar-refractivity contribution in [1.82, 2.24) is 5.32 Å². The van der Waals surface area contributed by atoms with Crippen LogP contribution in [0.15, 0.2) is 22.1 Å². The summed E-state index contributed by atoms with van der Waals surface area (Å²) in [7, 11) is 0. The highest BCUT2D eigenvalue weighted by molar-refractivity contribution is 5.48. The largest absolute Gasteiger partial charge is 0.462 e. The number of hydrogen-bond acceptors (Lipinski definition) is 2. The van der Waals surface area contributed by atoms with Crippen LogP contribution in [-0.4, -0.2) is 13.1 Å². The molecule has 0 amide bonds. The van der Waals surface area contributed by atoms with Gasteiger partial charge in [-0.1, -0.05) is 26.3 Å². The molecule has 2 nitrogen and oxygen atoms in total. The van der Waals surface area contributed by atoms with Gasteiger partial charge in [0.1, 0.15) is 11.5 Å². The molecule has 0 bridgehead atoms. The summed E-state index contributed by atoms with van der Waals surface area (Å²) in [6, 6.07) is 4.03. The molecule has 1 aromatic rings. The molecular weight excluding hydrogens is 198 g/mol. The summed E-state index contributed by atoms with van der Waals surface area (Å²) in [4.78, 5) is 0. The van der Waals surface area contributed by atoms with E-state index in [9.17, 15) is 0 Å². The van der Waals surface area contributed by atoms with Crippen LogP contribution in [0.5, 0.6) is 0 Å². The lowest BCUT2D eigenvalue weighted by Gasteiger charge is -2.11. The van der Waals surface area contributed by atoms with Crippen molar-refractivity contribution in [2.24, 2.45) is 5.92 Å². The second-order valence-corrected chi connectivity index (χ2v) is 4.50. The van der Waals surface area contributed by atoms with E-state index >= 15 is 0 Å². The van der Waals surface area contributed by atoms with Crippen molar-refractivity contribution in [3.05, 3.63) is 29.2 Å². The van der Waals surface area contributed by atoms with Crippen molar-refractivity contribution in [3.8, 4) is 0 Å².